The highest BCUT2D eigenvalue weighted by Crippen LogP contribution is 2.36. The Hall–Kier alpha value is -1.80. The molecule has 0 heterocycles. The van der Waals surface area contributed by atoms with Crippen LogP contribution in [0.3, 0.4) is 0 Å². The highest BCUT2D eigenvalue weighted by atomic mass is 32.2. The van der Waals surface area contributed by atoms with Gasteiger partial charge in [-0.15, -0.1) is 0 Å². The van der Waals surface area contributed by atoms with Gasteiger partial charge in [-0.2, -0.15) is 4.31 Å². The number of hydrogen-bond acceptors (Lipinski definition) is 4. The first kappa shape index (κ1) is 24.5. The Bertz CT molecular complexity index is 935. The van der Waals surface area contributed by atoms with Gasteiger partial charge in [0.15, 0.2) is 8.32 Å². The molecule has 0 bridgehead atoms. The molecule has 7 heteroatoms. The van der Waals surface area contributed by atoms with Crippen LogP contribution in [0.4, 0.5) is 0 Å². The summed E-state index contributed by atoms with van der Waals surface area (Å²) in [7, 11) is -6.04. The minimum Gasteiger partial charge on any atom is -0.415 e. The summed E-state index contributed by atoms with van der Waals surface area (Å²) < 4.78 is 34.5. The number of rotatable bonds is 9. The van der Waals surface area contributed by atoms with Gasteiger partial charge in [-0.3, -0.25) is 0 Å². The average Bonchev–Trinajstić information content (AvgIpc) is 2.67. The second-order valence-electron chi connectivity index (χ2n) is 9.12. The molecule has 0 unspecified atom stereocenters. The third kappa shape index (κ3) is 5.88. The normalized spacial score (nSPS) is 14.0. The van der Waals surface area contributed by atoms with Gasteiger partial charge in [0.05, 0.1) is 11.5 Å². The molecule has 0 aliphatic carbocycles. The third-order valence-electron chi connectivity index (χ3n) is 5.76. The molecule has 0 aliphatic rings. The van der Waals surface area contributed by atoms with Crippen LogP contribution in [0.2, 0.25) is 18.1 Å². The molecule has 2 rings (SSSR count). The van der Waals surface area contributed by atoms with Crippen molar-refractivity contribution in [2.24, 2.45) is 0 Å². The fourth-order valence-corrected chi connectivity index (χ4v) is 5.25. The van der Waals surface area contributed by atoms with E-state index in [4.69, 9.17) is 4.43 Å². The van der Waals surface area contributed by atoms with Crippen molar-refractivity contribution in [3.05, 3.63) is 65.7 Å². The van der Waals surface area contributed by atoms with E-state index in [-0.39, 0.29) is 23.1 Å². The van der Waals surface area contributed by atoms with E-state index in [9.17, 15) is 13.2 Å². The Kier molecular flexibility index (Phi) is 7.79. The van der Waals surface area contributed by atoms with Gasteiger partial charge < -0.3 is 9.22 Å². The summed E-state index contributed by atoms with van der Waals surface area (Å²) in [6, 6.07) is 15.1. The van der Waals surface area contributed by atoms with Crippen LogP contribution in [0.5, 0.6) is 0 Å². The molecule has 0 saturated carbocycles. The minimum absolute atomic E-state index is 0.0396. The zero-order valence-corrected chi connectivity index (χ0v) is 20.6. The van der Waals surface area contributed by atoms with Crippen molar-refractivity contribution in [3.63, 3.8) is 0 Å². The first-order chi connectivity index (χ1) is 13.9. The molecule has 0 amide bonds. The predicted octanol–water partition coefficient (Wildman–Crippen LogP) is 4.78. The van der Waals surface area contributed by atoms with Crippen LogP contribution >= 0.6 is 0 Å². The van der Waals surface area contributed by atoms with Crippen molar-refractivity contribution in [1.82, 2.24) is 4.31 Å². The minimum atomic E-state index is -3.89. The summed E-state index contributed by atoms with van der Waals surface area (Å²) in [5.74, 6) is 0. The summed E-state index contributed by atoms with van der Waals surface area (Å²) in [5.41, 5.74) is 1.78. The highest BCUT2D eigenvalue weighted by Gasteiger charge is 2.39. The fourth-order valence-electron chi connectivity index (χ4n) is 2.69. The molecule has 0 aromatic heterocycles. The summed E-state index contributed by atoms with van der Waals surface area (Å²) in [4.78, 5) is 12.2. The number of carbonyl (C=O) groups excluding carboxylic acids is 1. The van der Waals surface area contributed by atoms with Gasteiger partial charge in [0, 0.05) is 6.54 Å². The maximum absolute atomic E-state index is 13.5. The second-order valence-corrected chi connectivity index (χ2v) is 15.8. The van der Waals surface area contributed by atoms with Gasteiger partial charge in [-0.1, -0.05) is 68.8 Å². The molecular weight excluding hydrogens is 414 g/mol. The molecule has 164 valence electrons. The number of aryl methyl sites for hydroxylation is 1. The summed E-state index contributed by atoms with van der Waals surface area (Å²) >= 11 is 0. The smallest absolute Gasteiger partial charge is 0.244 e. The van der Waals surface area contributed by atoms with E-state index in [0.717, 1.165) is 11.1 Å². The molecule has 0 saturated heterocycles. The lowest BCUT2D eigenvalue weighted by molar-refractivity contribution is -0.112. The van der Waals surface area contributed by atoms with Gasteiger partial charge in [0.25, 0.3) is 0 Å². The molecule has 5 nitrogen and oxygen atoms in total. The van der Waals surface area contributed by atoms with E-state index in [1.807, 2.05) is 37.3 Å². The van der Waals surface area contributed by atoms with Crippen molar-refractivity contribution in [1.29, 1.82) is 0 Å². The predicted molar refractivity (Wildman–Crippen MR) is 123 cm³/mol. The molecular formula is C23H33NO4SSi. The molecule has 0 fully saturated rings. The average molecular weight is 448 g/mol. The standard InChI is InChI=1S/C23H33NO4SSi/c1-19-12-14-22(15-13-19)29(26,27)24(16-20-10-8-7-9-11-20)21(17-25)18-28-30(5,6)23(2,3)4/h7-15,17,21H,16,18H2,1-6H3/t21-/m1/s1. The van der Waals surface area contributed by atoms with Crippen LogP contribution < -0.4 is 0 Å². The van der Waals surface area contributed by atoms with E-state index in [1.165, 1.54) is 4.31 Å². The van der Waals surface area contributed by atoms with E-state index in [1.54, 1.807) is 24.3 Å². The van der Waals surface area contributed by atoms with Gasteiger partial charge in [0.2, 0.25) is 10.0 Å². The monoisotopic (exact) mass is 447 g/mol. The largest absolute Gasteiger partial charge is 0.415 e. The molecule has 0 radical (unpaired) electrons. The quantitative estimate of drug-likeness (QED) is 0.410. The van der Waals surface area contributed by atoms with Crippen LogP contribution in [0.1, 0.15) is 31.9 Å². The van der Waals surface area contributed by atoms with Gasteiger partial charge >= 0.3 is 0 Å². The molecule has 30 heavy (non-hydrogen) atoms. The molecule has 0 spiro atoms. The number of hydrogen-bond donors (Lipinski definition) is 0. The van der Waals surface area contributed by atoms with Crippen molar-refractivity contribution < 1.29 is 17.6 Å². The zero-order valence-electron chi connectivity index (χ0n) is 18.8. The highest BCUT2D eigenvalue weighted by molar-refractivity contribution is 7.89. The zero-order chi connectivity index (χ0) is 22.6. The Balaban J connectivity index is 2.41. The van der Waals surface area contributed by atoms with Crippen LogP contribution in [-0.2, 0) is 25.8 Å². The second kappa shape index (κ2) is 9.56. The van der Waals surface area contributed by atoms with Crippen molar-refractivity contribution in [2.45, 2.75) is 63.3 Å². The van der Waals surface area contributed by atoms with Crippen LogP contribution in [0, 0.1) is 6.92 Å². The van der Waals surface area contributed by atoms with Crippen molar-refractivity contribution in [2.75, 3.05) is 6.61 Å². The number of carbonyl (C=O) groups is 1. The van der Waals surface area contributed by atoms with Gasteiger partial charge in [-0.25, -0.2) is 8.42 Å². The van der Waals surface area contributed by atoms with E-state index in [0.29, 0.717) is 6.29 Å². The van der Waals surface area contributed by atoms with Crippen molar-refractivity contribution in [3.8, 4) is 0 Å². The molecule has 0 aliphatic heterocycles. The first-order valence-electron chi connectivity index (χ1n) is 10.1. The maximum atomic E-state index is 13.5. The molecule has 1 atom stereocenters. The van der Waals surface area contributed by atoms with Crippen LogP contribution in [0.25, 0.3) is 0 Å². The Morgan fingerprint density at radius 3 is 2.10 bits per heavy atom. The maximum Gasteiger partial charge on any atom is 0.244 e. The lowest BCUT2D eigenvalue weighted by atomic mass is 10.2. The number of benzene rings is 2. The lowest BCUT2D eigenvalue weighted by Crippen LogP contribution is -2.48. The van der Waals surface area contributed by atoms with E-state index < -0.39 is 24.4 Å². The Morgan fingerprint density at radius 2 is 1.60 bits per heavy atom. The SMILES string of the molecule is Cc1ccc(S(=O)(=O)N(Cc2ccccc2)[C@H](C=O)CO[Si](C)(C)C(C)(C)C)cc1. The Morgan fingerprint density at radius 1 is 1.03 bits per heavy atom. The fraction of sp³-hybridized carbons (Fsp3) is 0.435. The molecule has 0 N–H and O–H groups in total. The van der Waals surface area contributed by atoms with E-state index in [2.05, 4.69) is 33.9 Å². The van der Waals surface area contributed by atoms with Gasteiger partial charge in [-0.05, 0) is 42.8 Å². The number of sulfonamides is 1. The van der Waals surface area contributed by atoms with Gasteiger partial charge in [0.1, 0.15) is 12.3 Å². The van der Waals surface area contributed by atoms with Crippen LogP contribution in [-0.4, -0.2) is 40.0 Å². The number of aldehydes is 1. The summed E-state index contributed by atoms with van der Waals surface area (Å²) in [5, 5.41) is -0.0411. The lowest BCUT2D eigenvalue weighted by Gasteiger charge is -2.38. The van der Waals surface area contributed by atoms with E-state index >= 15 is 0 Å². The van der Waals surface area contributed by atoms with Crippen molar-refractivity contribution >= 4 is 24.6 Å². The van der Waals surface area contributed by atoms with Crippen LogP contribution in [0.15, 0.2) is 59.5 Å². The molecule has 2 aromatic rings. The third-order valence-corrected chi connectivity index (χ3v) is 12.1. The number of nitrogens with zero attached hydrogens (tertiary/aromatic N) is 1. The summed E-state index contributed by atoms with van der Waals surface area (Å²) in [6.07, 6.45) is 0.682. The molecule has 2 aromatic carbocycles. The topological polar surface area (TPSA) is 63.7 Å². The first-order valence-corrected chi connectivity index (χ1v) is 14.4. The summed E-state index contributed by atoms with van der Waals surface area (Å²) in [6.45, 7) is 12.5. The Labute approximate surface area is 182 Å².